The third-order valence-corrected chi connectivity index (χ3v) is 2.87. The van der Waals surface area contributed by atoms with Crippen molar-refractivity contribution in [3.05, 3.63) is 29.6 Å². The highest BCUT2D eigenvalue weighted by Gasteiger charge is 2.36. The first-order valence-corrected chi connectivity index (χ1v) is 6.95. The molecule has 0 atom stereocenters. The molecule has 0 unspecified atom stereocenters. The number of carbonyl (C=O) groups excluding carboxylic acids is 2. The molecule has 130 valence electrons. The van der Waals surface area contributed by atoms with Crippen LogP contribution in [0, 0.1) is 0 Å². The predicted octanol–water partition coefficient (Wildman–Crippen LogP) is 0.136. The van der Waals surface area contributed by atoms with Crippen molar-refractivity contribution in [3.63, 3.8) is 0 Å². The van der Waals surface area contributed by atoms with Crippen LogP contribution >= 0.6 is 0 Å². The molecular weight excluding hydrogens is 347 g/mol. The Balaban J connectivity index is 0.000000515. The number of hydrogen-bond acceptors (Lipinski definition) is 7. The number of esters is 2. The smallest absolute Gasteiger partial charge is 0.485 e. The Labute approximate surface area is 129 Å². The Morgan fingerprint density at radius 1 is 1.09 bits per heavy atom. The molecule has 0 spiro atoms. The van der Waals surface area contributed by atoms with E-state index >= 15 is 0 Å². The molecule has 1 aromatic heterocycles. The van der Waals surface area contributed by atoms with Crippen molar-refractivity contribution in [3.8, 4) is 0 Å². The SMILES string of the molecule is COC(=O)c1cccc(C(=O)OC)[n+]1C.O=S(=O)([O-])C(F)(F)F. The molecule has 0 aliphatic carbocycles. The molecule has 1 heterocycles. The molecule has 0 aromatic carbocycles. The molecule has 8 nitrogen and oxygen atoms in total. The van der Waals surface area contributed by atoms with E-state index in [2.05, 4.69) is 9.47 Å². The van der Waals surface area contributed by atoms with Crippen LogP contribution in [0.4, 0.5) is 13.2 Å². The largest absolute Gasteiger partial charge is 0.741 e. The van der Waals surface area contributed by atoms with Crippen LogP contribution in [0.15, 0.2) is 18.2 Å². The molecule has 1 aromatic rings. The molecule has 0 aliphatic heterocycles. The second-order valence-electron chi connectivity index (χ2n) is 3.74. The monoisotopic (exact) mass is 359 g/mol. The summed E-state index contributed by atoms with van der Waals surface area (Å²) in [5, 5.41) is 0. The van der Waals surface area contributed by atoms with Crippen molar-refractivity contribution >= 4 is 22.1 Å². The van der Waals surface area contributed by atoms with Crippen molar-refractivity contribution < 1.29 is 49.8 Å². The molecular formula is C11H12F3NO7S. The number of rotatable bonds is 2. The number of aromatic nitrogens is 1. The van der Waals surface area contributed by atoms with Crippen LogP contribution in [0.2, 0.25) is 0 Å². The maximum absolute atomic E-state index is 11.3. The Hall–Kier alpha value is -2.21. The summed E-state index contributed by atoms with van der Waals surface area (Å²) in [6.07, 6.45) is 0. The maximum atomic E-state index is 11.3. The van der Waals surface area contributed by atoms with Crippen LogP contribution in [-0.4, -0.2) is 44.6 Å². The van der Waals surface area contributed by atoms with Crippen LogP contribution in [0.1, 0.15) is 21.0 Å². The van der Waals surface area contributed by atoms with Crippen molar-refractivity contribution in [2.45, 2.75) is 5.51 Å². The van der Waals surface area contributed by atoms with E-state index in [9.17, 15) is 22.8 Å². The van der Waals surface area contributed by atoms with Crippen LogP contribution in [0.25, 0.3) is 0 Å². The van der Waals surface area contributed by atoms with Crippen molar-refractivity contribution in [2.75, 3.05) is 14.2 Å². The van der Waals surface area contributed by atoms with Gasteiger partial charge >= 0.3 is 17.4 Å². The fourth-order valence-electron chi connectivity index (χ4n) is 1.20. The summed E-state index contributed by atoms with van der Waals surface area (Å²) in [5.74, 6) is -0.994. The first-order valence-electron chi connectivity index (χ1n) is 5.54. The molecule has 0 aliphatic rings. The zero-order valence-corrected chi connectivity index (χ0v) is 12.9. The number of nitrogens with zero attached hydrogens (tertiary/aromatic N) is 1. The average molecular weight is 359 g/mol. The van der Waals surface area contributed by atoms with Crippen LogP contribution in [0.3, 0.4) is 0 Å². The lowest BCUT2D eigenvalue weighted by atomic mass is 10.3. The highest BCUT2D eigenvalue weighted by atomic mass is 32.2. The van der Waals surface area contributed by atoms with Crippen LogP contribution < -0.4 is 4.57 Å². The fraction of sp³-hybridized carbons (Fsp3) is 0.364. The Kier molecular flexibility index (Phi) is 7.12. The van der Waals surface area contributed by atoms with Gasteiger partial charge in [-0.15, -0.1) is 0 Å². The Morgan fingerprint density at radius 3 is 1.61 bits per heavy atom. The minimum absolute atomic E-state index is 0.292. The van der Waals surface area contributed by atoms with Gasteiger partial charge in [0.25, 0.3) is 11.4 Å². The van der Waals surface area contributed by atoms with E-state index in [1.807, 2.05) is 0 Å². The standard InChI is InChI=1S/C10H12NO4.CHF3O3S/c1-11-7(9(12)14-2)5-4-6-8(11)10(13)15-3;2-1(3,4)8(5,6)7/h4-6H,1-3H3;(H,5,6,7)/q+1;/p-1. The number of pyridine rings is 1. The topological polar surface area (TPSA) is 114 Å². The number of alkyl halides is 3. The van der Waals surface area contributed by atoms with Gasteiger partial charge in [-0.05, 0) is 6.07 Å². The molecule has 0 amide bonds. The van der Waals surface area contributed by atoms with Gasteiger partial charge in [-0.3, -0.25) is 0 Å². The molecule has 1 rings (SSSR count). The summed E-state index contributed by atoms with van der Waals surface area (Å²) in [7, 11) is -1.92. The Bertz CT molecular complexity index is 651. The lowest BCUT2D eigenvalue weighted by Gasteiger charge is -2.08. The van der Waals surface area contributed by atoms with Gasteiger partial charge < -0.3 is 14.0 Å². The van der Waals surface area contributed by atoms with Gasteiger partial charge in [-0.2, -0.15) is 17.7 Å². The van der Waals surface area contributed by atoms with Gasteiger partial charge in [0.1, 0.15) is 7.05 Å². The predicted molar refractivity (Wildman–Crippen MR) is 66.0 cm³/mol. The molecule has 0 radical (unpaired) electrons. The molecule has 23 heavy (non-hydrogen) atoms. The fourth-order valence-corrected chi connectivity index (χ4v) is 1.20. The molecule has 0 fully saturated rings. The zero-order valence-electron chi connectivity index (χ0n) is 12.1. The molecule has 0 saturated carbocycles. The number of hydrogen-bond donors (Lipinski definition) is 0. The zero-order chi connectivity index (χ0) is 18.4. The summed E-state index contributed by atoms with van der Waals surface area (Å²) in [6, 6.07) is 4.73. The summed E-state index contributed by atoms with van der Waals surface area (Å²) >= 11 is 0. The number of ether oxygens (including phenoxy) is 2. The lowest BCUT2D eigenvalue weighted by Crippen LogP contribution is -2.42. The van der Waals surface area contributed by atoms with Crippen LogP contribution in [0.5, 0.6) is 0 Å². The van der Waals surface area contributed by atoms with E-state index in [0.29, 0.717) is 11.4 Å². The van der Waals surface area contributed by atoms with E-state index < -0.39 is 27.6 Å². The summed E-state index contributed by atoms with van der Waals surface area (Å²) < 4.78 is 69.5. The minimum Gasteiger partial charge on any atom is -0.741 e. The van der Waals surface area contributed by atoms with Gasteiger partial charge in [-0.1, -0.05) is 0 Å². The van der Waals surface area contributed by atoms with Crippen molar-refractivity contribution in [1.29, 1.82) is 0 Å². The van der Waals surface area contributed by atoms with E-state index in [1.54, 1.807) is 25.2 Å². The second kappa shape index (κ2) is 7.87. The number of halogens is 3. The van der Waals surface area contributed by atoms with Gasteiger partial charge in [-0.25, -0.2) is 18.0 Å². The highest BCUT2D eigenvalue weighted by Crippen LogP contribution is 2.20. The normalized spacial score (nSPS) is 11.1. The van der Waals surface area contributed by atoms with Crippen LogP contribution in [-0.2, 0) is 26.6 Å². The van der Waals surface area contributed by atoms with Crippen molar-refractivity contribution in [1.82, 2.24) is 0 Å². The first kappa shape index (κ1) is 20.8. The molecule has 12 heteroatoms. The number of carbonyl (C=O) groups is 2. The van der Waals surface area contributed by atoms with Gasteiger partial charge in [0.05, 0.1) is 14.2 Å². The number of methoxy groups -OCH3 is 2. The van der Waals surface area contributed by atoms with E-state index in [0.717, 1.165) is 0 Å². The van der Waals surface area contributed by atoms with E-state index in [4.69, 9.17) is 13.0 Å². The summed E-state index contributed by atoms with van der Waals surface area (Å²) in [4.78, 5) is 22.6. The third-order valence-electron chi connectivity index (χ3n) is 2.30. The maximum Gasteiger partial charge on any atom is 0.485 e. The highest BCUT2D eigenvalue weighted by molar-refractivity contribution is 7.86. The average Bonchev–Trinajstić information content (AvgIpc) is 2.44. The van der Waals surface area contributed by atoms with Gasteiger partial charge in [0.15, 0.2) is 10.1 Å². The second-order valence-corrected chi connectivity index (χ2v) is 5.11. The minimum atomic E-state index is -6.09. The van der Waals surface area contributed by atoms with E-state index in [-0.39, 0.29) is 0 Å². The molecule has 0 N–H and O–H groups in total. The van der Waals surface area contributed by atoms with Gasteiger partial charge in [0.2, 0.25) is 0 Å². The lowest BCUT2D eigenvalue weighted by molar-refractivity contribution is -0.676. The van der Waals surface area contributed by atoms with E-state index in [1.165, 1.54) is 18.8 Å². The first-order chi connectivity index (χ1) is 10.4. The molecule has 0 bridgehead atoms. The molecule has 0 saturated heterocycles. The summed E-state index contributed by atoms with van der Waals surface area (Å²) in [6.45, 7) is 0. The Morgan fingerprint density at radius 2 is 1.39 bits per heavy atom. The summed E-state index contributed by atoms with van der Waals surface area (Å²) in [5.41, 5.74) is -5.06. The quantitative estimate of drug-likeness (QED) is 0.319. The van der Waals surface area contributed by atoms with Crippen molar-refractivity contribution in [2.24, 2.45) is 7.05 Å². The third kappa shape index (κ3) is 5.83. The van der Waals surface area contributed by atoms with Gasteiger partial charge in [0, 0.05) is 12.1 Å².